The lowest BCUT2D eigenvalue weighted by Gasteiger charge is -2.31. The van der Waals surface area contributed by atoms with E-state index < -0.39 is 0 Å². The smallest absolute Gasteiger partial charge is 0.315 e. The van der Waals surface area contributed by atoms with Crippen molar-refractivity contribution in [1.82, 2.24) is 15.5 Å². The van der Waals surface area contributed by atoms with Gasteiger partial charge in [-0.3, -0.25) is 0 Å². The van der Waals surface area contributed by atoms with E-state index in [0.29, 0.717) is 13.1 Å². The fourth-order valence-electron chi connectivity index (χ4n) is 2.94. The molecule has 0 unspecified atom stereocenters. The van der Waals surface area contributed by atoms with Crippen LogP contribution in [0.4, 0.5) is 4.79 Å². The van der Waals surface area contributed by atoms with E-state index >= 15 is 0 Å². The highest BCUT2D eigenvalue weighted by Crippen LogP contribution is 2.30. The number of carbonyl (C=O) groups is 1. The van der Waals surface area contributed by atoms with Gasteiger partial charge in [0.15, 0.2) is 0 Å². The van der Waals surface area contributed by atoms with Crippen LogP contribution in [0.25, 0.3) is 0 Å². The number of urea groups is 1. The van der Waals surface area contributed by atoms with Crippen molar-refractivity contribution in [2.24, 2.45) is 0 Å². The lowest BCUT2D eigenvalue weighted by Crippen LogP contribution is -2.42. The van der Waals surface area contributed by atoms with Crippen molar-refractivity contribution in [3.05, 3.63) is 44.8 Å². The van der Waals surface area contributed by atoms with E-state index in [-0.39, 0.29) is 6.03 Å². The zero-order valence-corrected chi connectivity index (χ0v) is 14.8. The van der Waals surface area contributed by atoms with E-state index in [4.69, 9.17) is 0 Å². The highest BCUT2D eigenvalue weighted by Gasteiger charge is 2.20. The molecule has 1 aliphatic heterocycles. The van der Waals surface area contributed by atoms with Gasteiger partial charge < -0.3 is 15.5 Å². The second-order valence-electron chi connectivity index (χ2n) is 5.82. The Bertz CT molecular complexity index is 575. The molecule has 3 rings (SSSR count). The van der Waals surface area contributed by atoms with Crippen molar-refractivity contribution >= 4 is 28.7 Å². The van der Waals surface area contributed by atoms with Crippen molar-refractivity contribution in [2.75, 3.05) is 26.2 Å². The van der Waals surface area contributed by atoms with Crippen LogP contribution in [0.5, 0.6) is 0 Å². The molecule has 23 heavy (non-hydrogen) atoms. The average Bonchev–Trinajstić information content (AvgIpc) is 3.27. The number of rotatable bonds is 6. The second kappa shape index (κ2) is 8.47. The third kappa shape index (κ3) is 5.06. The maximum Gasteiger partial charge on any atom is 0.315 e. The molecular weight excluding hydrogens is 326 g/mol. The van der Waals surface area contributed by atoms with Gasteiger partial charge in [-0.2, -0.15) is 0 Å². The van der Waals surface area contributed by atoms with Crippen LogP contribution in [0.15, 0.2) is 35.0 Å². The molecule has 0 aliphatic carbocycles. The minimum Gasteiger partial charge on any atom is -0.337 e. The van der Waals surface area contributed by atoms with Gasteiger partial charge in [0.1, 0.15) is 0 Å². The molecule has 2 amide bonds. The van der Waals surface area contributed by atoms with Gasteiger partial charge in [-0.05, 0) is 54.7 Å². The zero-order chi connectivity index (χ0) is 15.9. The highest BCUT2D eigenvalue weighted by molar-refractivity contribution is 7.10. The van der Waals surface area contributed by atoms with Gasteiger partial charge in [0.05, 0.1) is 6.54 Å². The molecule has 2 aromatic rings. The summed E-state index contributed by atoms with van der Waals surface area (Å²) in [6, 6.07) is 8.35. The summed E-state index contributed by atoms with van der Waals surface area (Å²) in [5.74, 6) is 0.730. The average molecular weight is 350 g/mol. The predicted octanol–water partition coefficient (Wildman–Crippen LogP) is 3.49. The summed E-state index contributed by atoms with van der Waals surface area (Å²) in [5.41, 5.74) is 0. The van der Waals surface area contributed by atoms with Crippen molar-refractivity contribution in [3.63, 3.8) is 0 Å². The number of hydrogen-bond donors (Lipinski definition) is 2. The highest BCUT2D eigenvalue weighted by atomic mass is 32.1. The number of piperidine rings is 1. The molecule has 0 atom stereocenters. The number of likely N-dealkylation sites (tertiary alicyclic amines) is 1. The molecule has 1 aliphatic rings. The summed E-state index contributed by atoms with van der Waals surface area (Å²) in [5, 5.41) is 10.0. The number of nitrogens with zero attached hydrogens (tertiary/aromatic N) is 1. The lowest BCUT2D eigenvalue weighted by molar-refractivity contribution is 0.209. The molecule has 124 valence electrons. The van der Waals surface area contributed by atoms with E-state index in [9.17, 15) is 4.79 Å². The summed E-state index contributed by atoms with van der Waals surface area (Å²) in [6.07, 6.45) is 2.45. The quantitative estimate of drug-likeness (QED) is 0.838. The van der Waals surface area contributed by atoms with Crippen molar-refractivity contribution in [1.29, 1.82) is 0 Å². The van der Waals surface area contributed by atoms with Gasteiger partial charge in [-0.25, -0.2) is 4.79 Å². The molecule has 1 fully saturated rings. The number of amides is 2. The van der Waals surface area contributed by atoms with Gasteiger partial charge in [0, 0.05) is 22.8 Å². The van der Waals surface area contributed by atoms with E-state index in [1.807, 2.05) is 28.8 Å². The molecule has 1 saturated heterocycles. The monoisotopic (exact) mass is 349 g/mol. The molecule has 0 radical (unpaired) electrons. The Kier molecular flexibility index (Phi) is 6.07. The standard InChI is InChI=1S/C17H23N3OS2/c21-17(19-13-15-3-1-11-22-15)18-7-10-20-8-5-14(6-9-20)16-4-2-12-23-16/h1-4,11-12,14H,5-10,13H2,(H2,18,19,21). The minimum absolute atomic E-state index is 0.0770. The summed E-state index contributed by atoms with van der Waals surface area (Å²) in [7, 11) is 0. The van der Waals surface area contributed by atoms with Gasteiger partial charge in [-0.15, -0.1) is 22.7 Å². The van der Waals surface area contributed by atoms with Crippen LogP contribution < -0.4 is 10.6 Å². The zero-order valence-electron chi connectivity index (χ0n) is 13.2. The van der Waals surface area contributed by atoms with Crippen molar-refractivity contribution < 1.29 is 4.79 Å². The topological polar surface area (TPSA) is 44.4 Å². The van der Waals surface area contributed by atoms with Gasteiger partial charge >= 0.3 is 6.03 Å². The van der Waals surface area contributed by atoms with Crippen LogP contribution in [0, 0.1) is 0 Å². The molecule has 0 aromatic carbocycles. The summed E-state index contributed by atoms with van der Waals surface area (Å²) in [6.45, 7) is 4.50. The Labute approximate surface area is 145 Å². The molecule has 3 heterocycles. The Balaban J connectivity index is 1.28. The second-order valence-corrected chi connectivity index (χ2v) is 7.83. The van der Waals surface area contributed by atoms with E-state index in [1.54, 1.807) is 11.3 Å². The van der Waals surface area contributed by atoms with Crippen LogP contribution in [0.2, 0.25) is 0 Å². The Morgan fingerprint density at radius 3 is 2.61 bits per heavy atom. The normalized spacial score (nSPS) is 16.3. The number of nitrogens with one attached hydrogen (secondary N) is 2. The largest absolute Gasteiger partial charge is 0.337 e. The third-order valence-electron chi connectivity index (χ3n) is 4.25. The van der Waals surface area contributed by atoms with Gasteiger partial charge in [0.25, 0.3) is 0 Å². The summed E-state index contributed by atoms with van der Waals surface area (Å²) < 4.78 is 0. The number of thiophene rings is 2. The SMILES string of the molecule is O=C(NCCN1CCC(c2cccs2)CC1)NCc1cccs1. The molecule has 0 spiro atoms. The molecule has 4 nitrogen and oxygen atoms in total. The molecule has 6 heteroatoms. The van der Waals surface area contributed by atoms with E-state index in [2.05, 4.69) is 33.0 Å². The maximum absolute atomic E-state index is 11.8. The van der Waals surface area contributed by atoms with Crippen LogP contribution >= 0.6 is 22.7 Å². The number of carbonyl (C=O) groups excluding carboxylic acids is 1. The third-order valence-corrected chi connectivity index (χ3v) is 6.16. The lowest BCUT2D eigenvalue weighted by atomic mass is 9.95. The van der Waals surface area contributed by atoms with Gasteiger partial charge in [-0.1, -0.05) is 12.1 Å². The maximum atomic E-state index is 11.8. The molecular formula is C17H23N3OS2. The van der Waals surface area contributed by atoms with Crippen LogP contribution in [0.1, 0.15) is 28.5 Å². The molecule has 0 saturated carbocycles. The summed E-state index contributed by atoms with van der Waals surface area (Å²) >= 11 is 3.53. The Morgan fingerprint density at radius 2 is 1.91 bits per heavy atom. The van der Waals surface area contributed by atoms with Crippen LogP contribution in [-0.4, -0.2) is 37.1 Å². The summed E-state index contributed by atoms with van der Waals surface area (Å²) in [4.78, 5) is 16.9. The van der Waals surface area contributed by atoms with E-state index in [0.717, 1.165) is 25.6 Å². The fraction of sp³-hybridized carbons (Fsp3) is 0.471. The Morgan fingerprint density at radius 1 is 1.13 bits per heavy atom. The number of hydrogen-bond acceptors (Lipinski definition) is 4. The van der Waals surface area contributed by atoms with Crippen molar-refractivity contribution in [3.8, 4) is 0 Å². The first-order valence-corrected chi connectivity index (χ1v) is 9.87. The van der Waals surface area contributed by atoms with Crippen LogP contribution in [0.3, 0.4) is 0 Å². The first-order valence-electron chi connectivity index (χ1n) is 8.11. The first kappa shape index (κ1) is 16.5. The van der Waals surface area contributed by atoms with Gasteiger partial charge in [0.2, 0.25) is 0 Å². The fourth-order valence-corrected chi connectivity index (χ4v) is 4.48. The van der Waals surface area contributed by atoms with Crippen molar-refractivity contribution in [2.45, 2.75) is 25.3 Å². The van der Waals surface area contributed by atoms with E-state index in [1.165, 1.54) is 22.6 Å². The van der Waals surface area contributed by atoms with Crippen LogP contribution in [-0.2, 0) is 6.54 Å². The minimum atomic E-state index is -0.0770. The predicted molar refractivity (Wildman–Crippen MR) is 97.3 cm³/mol. The first-order chi connectivity index (χ1) is 11.3. The molecule has 0 bridgehead atoms. The Hall–Kier alpha value is -1.37. The molecule has 2 aromatic heterocycles. The molecule has 2 N–H and O–H groups in total.